The van der Waals surface area contributed by atoms with E-state index in [0.717, 1.165) is 39.1 Å². The molecule has 6 nitrogen and oxygen atoms in total. The predicted octanol–water partition coefficient (Wildman–Crippen LogP) is 2.93. The average Bonchev–Trinajstić information content (AvgIpc) is 3.30. The van der Waals surface area contributed by atoms with Gasteiger partial charge in [-0.2, -0.15) is 0 Å². The Hall–Kier alpha value is -1.40. The summed E-state index contributed by atoms with van der Waals surface area (Å²) in [7, 11) is 0. The summed E-state index contributed by atoms with van der Waals surface area (Å²) in [6.45, 7) is 8.50. The van der Waals surface area contributed by atoms with E-state index in [-0.39, 0.29) is 11.4 Å². The lowest BCUT2D eigenvalue weighted by Crippen LogP contribution is -2.47. The van der Waals surface area contributed by atoms with Crippen LogP contribution in [0.4, 0.5) is 0 Å². The molecule has 0 bridgehead atoms. The molecule has 2 unspecified atom stereocenters. The molecule has 1 amide bonds. The van der Waals surface area contributed by atoms with E-state index in [0.29, 0.717) is 23.1 Å². The van der Waals surface area contributed by atoms with Crippen molar-refractivity contribution >= 4 is 5.91 Å². The third kappa shape index (κ3) is 3.29. The largest absolute Gasteiger partial charge is 0.377 e. The number of hydrogen-bond donors (Lipinski definition) is 0. The van der Waals surface area contributed by atoms with Crippen LogP contribution in [0.1, 0.15) is 66.8 Å². The second kappa shape index (κ2) is 7.31. The number of rotatable bonds is 3. The molecule has 0 aliphatic carbocycles. The molecule has 144 valence electrons. The van der Waals surface area contributed by atoms with Gasteiger partial charge in [-0.25, -0.2) is 0 Å². The van der Waals surface area contributed by atoms with Crippen LogP contribution in [0.5, 0.6) is 0 Å². The van der Waals surface area contributed by atoms with Gasteiger partial charge in [-0.3, -0.25) is 9.69 Å². The first kappa shape index (κ1) is 18.0. The fraction of sp³-hybridized carbons (Fsp3) is 0.800. The molecule has 2 atom stereocenters. The SMILES string of the molecule is Cc1noc(C)c1C(=O)N1CCCC2(CCCN2CC2CCCO2)CC1. The van der Waals surface area contributed by atoms with Gasteiger partial charge in [0, 0.05) is 31.8 Å². The van der Waals surface area contributed by atoms with Crippen molar-refractivity contribution in [1.82, 2.24) is 15.0 Å². The van der Waals surface area contributed by atoms with Crippen molar-refractivity contribution in [2.24, 2.45) is 0 Å². The molecule has 26 heavy (non-hydrogen) atoms. The van der Waals surface area contributed by atoms with Crippen molar-refractivity contribution in [2.75, 3.05) is 32.8 Å². The van der Waals surface area contributed by atoms with Crippen LogP contribution in [-0.4, -0.2) is 65.3 Å². The van der Waals surface area contributed by atoms with Crippen LogP contribution in [0.2, 0.25) is 0 Å². The van der Waals surface area contributed by atoms with Gasteiger partial charge in [0.15, 0.2) is 0 Å². The monoisotopic (exact) mass is 361 g/mol. The Labute approximate surface area is 155 Å². The van der Waals surface area contributed by atoms with Gasteiger partial charge in [0.1, 0.15) is 11.3 Å². The molecule has 4 heterocycles. The Bertz CT molecular complexity index is 633. The maximum Gasteiger partial charge on any atom is 0.259 e. The van der Waals surface area contributed by atoms with E-state index < -0.39 is 0 Å². The average molecular weight is 361 g/mol. The van der Waals surface area contributed by atoms with Crippen molar-refractivity contribution in [2.45, 2.75) is 70.4 Å². The summed E-state index contributed by atoms with van der Waals surface area (Å²) in [5, 5.41) is 3.95. The van der Waals surface area contributed by atoms with E-state index >= 15 is 0 Å². The Balaban J connectivity index is 1.44. The minimum absolute atomic E-state index is 0.0852. The van der Waals surface area contributed by atoms with Crippen LogP contribution in [-0.2, 0) is 4.74 Å². The number of amides is 1. The van der Waals surface area contributed by atoms with Crippen molar-refractivity contribution in [3.63, 3.8) is 0 Å². The number of aromatic nitrogens is 1. The number of carbonyl (C=O) groups excluding carboxylic acids is 1. The second-order valence-electron chi connectivity index (χ2n) is 8.25. The molecule has 3 aliphatic rings. The van der Waals surface area contributed by atoms with E-state index in [1.807, 2.05) is 18.7 Å². The lowest BCUT2D eigenvalue weighted by atomic mass is 9.87. The van der Waals surface area contributed by atoms with Gasteiger partial charge in [0.05, 0.1) is 11.8 Å². The molecule has 0 radical (unpaired) electrons. The summed E-state index contributed by atoms with van der Waals surface area (Å²) < 4.78 is 11.1. The summed E-state index contributed by atoms with van der Waals surface area (Å²) in [5.74, 6) is 0.717. The molecule has 3 aliphatic heterocycles. The molecular weight excluding hydrogens is 330 g/mol. The number of carbonyl (C=O) groups is 1. The highest BCUT2D eigenvalue weighted by atomic mass is 16.5. The summed E-state index contributed by atoms with van der Waals surface area (Å²) in [6, 6.07) is 0. The highest BCUT2D eigenvalue weighted by Crippen LogP contribution is 2.39. The van der Waals surface area contributed by atoms with Crippen molar-refractivity contribution in [1.29, 1.82) is 0 Å². The van der Waals surface area contributed by atoms with Gasteiger partial charge in [-0.15, -0.1) is 0 Å². The van der Waals surface area contributed by atoms with Crippen LogP contribution in [0.15, 0.2) is 4.52 Å². The number of ether oxygens (including phenoxy) is 1. The number of hydrogen-bond acceptors (Lipinski definition) is 5. The molecule has 0 aromatic carbocycles. The fourth-order valence-corrected chi connectivity index (χ4v) is 5.21. The molecule has 4 rings (SSSR count). The third-order valence-electron chi connectivity index (χ3n) is 6.64. The molecule has 0 N–H and O–H groups in total. The summed E-state index contributed by atoms with van der Waals surface area (Å²) in [4.78, 5) is 17.7. The normalized spacial score (nSPS) is 30.2. The standard InChI is InChI=1S/C20H31N3O3/c1-15-18(16(2)26-21-15)19(24)22-10-4-7-20(9-12-22)8-5-11-23(20)14-17-6-3-13-25-17/h17H,3-14H2,1-2H3. The highest BCUT2D eigenvalue weighted by Gasteiger charge is 2.43. The van der Waals surface area contributed by atoms with E-state index in [9.17, 15) is 4.79 Å². The van der Waals surface area contributed by atoms with Crippen LogP contribution < -0.4 is 0 Å². The lowest BCUT2D eigenvalue weighted by Gasteiger charge is -2.39. The highest BCUT2D eigenvalue weighted by molar-refractivity contribution is 5.96. The van der Waals surface area contributed by atoms with Gasteiger partial charge in [0.25, 0.3) is 5.91 Å². The zero-order valence-electron chi connectivity index (χ0n) is 16.1. The minimum Gasteiger partial charge on any atom is -0.377 e. The van der Waals surface area contributed by atoms with Crippen LogP contribution in [0, 0.1) is 13.8 Å². The van der Waals surface area contributed by atoms with Gasteiger partial charge in [-0.05, 0) is 65.3 Å². The molecule has 1 aromatic heterocycles. The molecule has 1 aromatic rings. The minimum atomic E-state index is 0.0852. The van der Waals surface area contributed by atoms with E-state index in [2.05, 4.69) is 10.1 Å². The van der Waals surface area contributed by atoms with Crippen LogP contribution >= 0.6 is 0 Å². The summed E-state index contributed by atoms with van der Waals surface area (Å²) in [5.41, 5.74) is 1.62. The first-order chi connectivity index (χ1) is 12.6. The third-order valence-corrected chi connectivity index (χ3v) is 6.64. The fourth-order valence-electron chi connectivity index (χ4n) is 5.21. The second-order valence-corrected chi connectivity index (χ2v) is 8.25. The molecular formula is C20H31N3O3. The van der Waals surface area contributed by atoms with Gasteiger partial charge < -0.3 is 14.2 Å². The zero-order valence-corrected chi connectivity index (χ0v) is 16.1. The quantitative estimate of drug-likeness (QED) is 0.828. The van der Waals surface area contributed by atoms with Crippen molar-refractivity contribution in [3.05, 3.63) is 17.0 Å². The molecule has 6 heteroatoms. The smallest absolute Gasteiger partial charge is 0.259 e. The maximum atomic E-state index is 13.0. The Morgan fingerprint density at radius 2 is 1.96 bits per heavy atom. The van der Waals surface area contributed by atoms with E-state index in [4.69, 9.17) is 9.26 Å². The topological polar surface area (TPSA) is 58.8 Å². The molecule has 1 spiro atoms. The molecule has 0 saturated carbocycles. The lowest BCUT2D eigenvalue weighted by molar-refractivity contribution is 0.0339. The van der Waals surface area contributed by atoms with Gasteiger partial charge >= 0.3 is 0 Å². The number of aryl methyl sites for hydroxylation is 2. The Morgan fingerprint density at radius 3 is 2.65 bits per heavy atom. The zero-order chi connectivity index (χ0) is 18.1. The molecule has 3 fully saturated rings. The van der Waals surface area contributed by atoms with Crippen molar-refractivity contribution < 1.29 is 14.1 Å². The molecule has 3 saturated heterocycles. The van der Waals surface area contributed by atoms with Crippen LogP contribution in [0.25, 0.3) is 0 Å². The van der Waals surface area contributed by atoms with Crippen molar-refractivity contribution in [3.8, 4) is 0 Å². The van der Waals surface area contributed by atoms with E-state index in [1.54, 1.807) is 0 Å². The number of nitrogens with zero attached hydrogens (tertiary/aromatic N) is 3. The van der Waals surface area contributed by atoms with E-state index in [1.165, 1.54) is 38.6 Å². The first-order valence-electron chi connectivity index (χ1n) is 10.2. The Kier molecular flexibility index (Phi) is 5.06. The summed E-state index contributed by atoms with van der Waals surface area (Å²) in [6.07, 6.45) is 8.65. The maximum absolute atomic E-state index is 13.0. The first-order valence-corrected chi connectivity index (χ1v) is 10.2. The predicted molar refractivity (Wildman–Crippen MR) is 98.2 cm³/mol. The number of likely N-dealkylation sites (tertiary alicyclic amines) is 2. The van der Waals surface area contributed by atoms with Gasteiger partial charge in [0.2, 0.25) is 0 Å². The van der Waals surface area contributed by atoms with Crippen LogP contribution in [0.3, 0.4) is 0 Å². The Morgan fingerprint density at radius 1 is 1.15 bits per heavy atom. The summed E-state index contributed by atoms with van der Waals surface area (Å²) >= 11 is 0. The van der Waals surface area contributed by atoms with Gasteiger partial charge in [-0.1, -0.05) is 5.16 Å².